The molecule has 0 aromatic carbocycles. The predicted octanol–water partition coefficient (Wildman–Crippen LogP) is 1.24. The first kappa shape index (κ1) is 11.3. The van der Waals surface area contributed by atoms with Gasteiger partial charge in [0, 0.05) is 11.9 Å². The van der Waals surface area contributed by atoms with Crippen LogP contribution in [0.15, 0.2) is 24.5 Å². The van der Waals surface area contributed by atoms with Crippen LogP contribution < -0.4 is 5.73 Å². The van der Waals surface area contributed by atoms with E-state index in [1.807, 2.05) is 32.2 Å². The number of aryl methyl sites for hydroxylation is 2. The van der Waals surface area contributed by atoms with E-state index >= 15 is 0 Å². The van der Waals surface area contributed by atoms with Crippen molar-refractivity contribution in [2.24, 2.45) is 5.73 Å². The molecule has 0 aliphatic carbocycles. The zero-order valence-corrected chi connectivity index (χ0v) is 9.84. The van der Waals surface area contributed by atoms with Crippen LogP contribution in [0.2, 0.25) is 0 Å². The standard InChI is InChI=1S/C12H14N4O/c1-3-9-7-16(12(15-9)11(13)17)10-5-4-8(2)14-6-10/h4-7H,3H2,1-2H3,(H2,13,17). The highest BCUT2D eigenvalue weighted by molar-refractivity contribution is 5.90. The third kappa shape index (κ3) is 2.18. The summed E-state index contributed by atoms with van der Waals surface area (Å²) in [5, 5.41) is 0. The molecule has 2 rings (SSSR count). The first-order chi connectivity index (χ1) is 8.11. The number of nitrogens with zero attached hydrogens (tertiary/aromatic N) is 3. The second-order valence-electron chi connectivity index (χ2n) is 3.80. The maximum absolute atomic E-state index is 11.3. The minimum atomic E-state index is -0.537. The number of imidazole rings is 1. The molecule has 0 atom stereocenters. The minimum absolute atomic E-state index is 0.243. The lowest BCUT2D eigenvalue weighted by Gasteiger charge is -2.04. The fourth-order valence-corrected chi connectivity index (χ4v) is 1.57. The second-order valence-corrected chi connectivity index (χ2v) is 3.80. The average molecular weight is 230 g/mol. The third-order valence-electron chi connectivity index (χ3n) is 2.51. The van der Waals surface area contributed by atoms with Crippen molar-refractivity contribution in [2.75, 3.05) is 0 Å². The Labute approximate surface area is 99.3 Å². The molecule has 0 saturated heterocycles. The Balaban J connectivity index is 2.53. The highest BCUT2D eigenvalue weighted by Gasteiger charge is 2.13. The highest BCUT2D eigenvalue weighted by atomic mass is 16.1. The van der Waals surface area contributed by atoms with Crippen LogP contribution in [0.3, 0.4) is 0 Å². The second kappa shape index (κ2) is 4.37. The van der Waals surface area contributed by atoms with E-state index in [0.29, 0.717) is 0 Å². The number of carbonyl (C=O) groups is 1. The number of pyridine rings is 1. The van der Waals surface area contributed by atoms with E-state index in [-0.39, 0.29) is 5.82 Å². The fraction of sp³-hybridized carbons (Fsp3) is 0.250. The number of nitrogens with two attached hydrogens (primary N) is 1. The van der Waals surface area contributed by atoms with Crippen LogP contribution in [-0.4, -0.2) is 20.4 Å². The van der Waals surface area contributed by atoms with Crippen LogP contribution in [0.1, 0.15) is 28.9 Å². The fourth-order valence-electron chi connectivity index (χ4n) is 1.57. The van der Waals surface area contributed by atoms with Crippen molar-refractivity contribution < 1.29 is 4.79 Å². The summed E-state index contributed by atoms with van der Waals surface area (Å²) >= 11 is 0. The zero-order valence-electron chi connectivity index (χ0n) is 9.84. The van der Waals surface area contributed by atoms with Crippen LogP contribution in [-0.2, 0) is 6.42 Å². The van der Waals surface area contributed by atoms with Crippen molar-refractivity contribution in [2.45, 2.75) is 20.3 Å². The molecule has 0 spiro atoms. The molecule has 0 unspecified atom stereocenters. The molecule has 5 nitrogen and oxygen atoms in total. The van der Waals surface area contributed by atoms with Crippen molar-refractivity contribution in [3.63, 3.8) is 0 Å². The van der Waals surface area contributed by atoms with Gasteiger partial charge in [0.15, 0.2) is 0 Å². The van der Waals surface area contributed by atoms with Crippen LogP contribution in [0.4, 0.5) is 0 Å². The first-order valence-electron chi connectivity index (χ1n) is 5.43. The molecule has 1 amide bonds. The molecule has 2 N–H and O–H groups in total. The van der Waals surface area contributed by atoms with Gasteiger partial charge in [0.25, 0.3) is 5.91 Å². The molecular formula is C12H14N4O. The summed E-state index contributed by atoms with van der Waals surface area (Å²) < 4.78 is 1.67. The van der Waals surface area contributed by atoms with E-state index in [2.05, 4.69) is 9.97 Å². The molecule has 0 aliphatic rings. The van der Waals surface area contributed by atoms with E-state index in [4.69, 9.17) is 5.73 Å². The van der Waals surface area contributed by atoms with Gasteiger partial charge >= 0.3 is 0 Å². The predicted molar refractivity (Wildman–Crippen MR) is 64.0 cm³/mol. The van der Waals surface area contributed by atoms with Gasteiger partial charge in [0.05, 0.1) is 17.6 Å². The van der Waals surface area contributed by atoms with E-state index < -0.39 is 5.91 Å². The van der Waals surface area contributed by atoms with Crippen molar-refractivity contribution in [3.8, 4) is 5.69 Å². The Morgan fingerprint density at radius 1 is 1.47 bits per heavy atom. The van der Waals surface area contributed by atoms with Gasteiger partial charge < -0.3 is 5.73 Å². The van der Waals surface area contributed by atoms with Crippen molar-refractivity contribution in [1.82, 2.24) is 14.5 Å². The quantitative estimate of drug-likeness (QED) is 0.862. The molecule has 2 aromatic heterocycles. The van der Waals surface area contributed by atoms with Crippen molar-refractivity contribution in [1.29, 1.82) is 0 Å². The largest absolute Gasteiger partial charge is 0.363 e. The van der Waals surface area contributed by atoms with Gasteiger partial charge in [-0.05, 0) is 25.5 Å². The topological polar surface area (TPSA) is 73.8 Å². The number of carbonyl (C=O) groups excluding carboxylic acids is 1. The summed E-state index contributed by atoms with van der Waals surface area (Å²) in [7, 11) is 0. The summed E-state index contributed by atoms with van der Waals surface area (Å²) in [6, 6.07) is 3.77. The maximum atomic E-state index is 11.3. The number of amides is 1. The number of primary amides is 1. The molecule has 5 heteroatoms. The monoisotopic (exact) mass is 230 g/mol. The van der Waals surface area contributed by atoms with Crippen LogP contribution in [0, 0.1) is 6.92 Å². The summed E-state index contributed by atoms with van der Waals surface area (Å²) in [5.41, 5.74) is 7.85. The Morgan fingerprint density at radius 2 is 2.24 bits per heavy atom. The molecule has 0 saturated carbocycles. The van der Waals surface area contributed by atoms with Gasteiger partial charge in [0.1, 0.15) is 0 Å². The molecule has 0 bridgehead atoms. The van der Waals surface area contributed by atoms with Gasteiger partial charge in [-0.25, -0.2) is 4.98 Å². The average Bonchev–Trinajstić information content (AvgIpc) is 2.74. The number of hydrogen-bond acceptors (Lipinski definition) is 3. The molecule has 88 valence electrons. The summed E-state index contributed by atoms with van der Waals surface area (Å²) in [6.45, 7) is 3.88. The maximum Gasteiger partial charge on any atom is 0.285 e. The minimum Gasteiger partial charge on any atom is -0.363 e. The van der Waals surface area contributed by atoms with Gasteiger partial charge in [-0.2, -0.15) is 0 Å². The highest BCUT2D eigenvalue weighted by Crippen LogP contribution is 2.12. The zero-order chi connectivity index (χ0) is 12.4. The van der Waals surface area contributed by atoms with Gasteiger partial charge in [0.2, 0.25) is 5.82 Å². The summed E-state index contributed by atoms with van der Waals surface area (Å²) in [6.07, 6.45) is 4.27. The van der Waals surface area contributed by atoms with Crippen LogP contribution >= 0.6 is 0 Å². The van der Waals surface area contributed by atoms with Crippen molar-refractivity contribution >= 4 is 5.91 Å². The Kier molecular flexibility index (Phi) is 2.91. The molecule has 2 heterocycles. The lowest BCUT2D eigenvalue weighted by Crippen LogP contribution is -2.17. The van der Waals surface area contributed by atoms with Crippen molar-refractivity contribution in [3.05, 3.63) is 41.7 Å². The first-order valence-corrected chi connectivity index (χ1v) is 5.43. The lowest BCUT2D eigenvalue weighted by molar-refractivity contribution is 0.0989. The Hall–Kier alpha value is -2.17. The molecular weight excluding hydrogens is 216 g/mol. The number of aromatic nitrogens is 3. The molecule has 17 heavy (non-hydrogen) atoms. The Bertz CT molecular complexity index is 542. The third-order valence-corrected chi connectivity index (χ3v) is 2.51. The van der Waals surface area contributed by atoms with Gasteiger partial charge in [-0.1, -0.05) is 6.92 Å². The number of rotatable bonds is 3. The summed E-state index contributed by atoms with van der Waals surface area (Å²) in [4.78, 5) is 19.7. The van der Waals surface area contributed by atoms with Crippen LogP contribution in [0.5, 0.6) is 0 Å². The van der Waals surface area contributed by atoms with E-state index in [0.717, 1.165) is 23.5 Å². The van der Waals surface area contributed by atoms with E-state index in [1.54, 1.807) is 10.8 Å². The SMILES string of the molecule is CCc1cn(-c2ccc(C)nc2)c(C(N)=O)n1. The van der Waals surface area contributed by atoms with E-state index in [1.165, 1.54) is 0 Å². The van der Waals surface area contributed by atoms with Gasteiger partial charge in [-0.3, -0.25) is 14.3 Å². The summed E-state index contributed by atoms with van der Waals surface area (Å²) in [5.74, 6) is -0.294. The number of hydrogen-bond donors (Lipinski definition) is 1. The normalized spacial score (nSPS) is 10.5. The molecule has 0 aliphatic heterocycles. The van der Waals surface area contributed by atoms with Gasteiger partial charge in [-0.15, -0.1) is 0 Å². The lowest BCUT2D eigenvalue weighted by atomic mass is 10.3. The molecule has 0 fully saturated rings. The van der Waals surface area contributed by atoms with E-state index in [9.17, 15) is 4.79 Å². The Morgan fingerprint density at radius 3 is 2.76 bits per heavy atom. The molecule has 0 radical (unpaired) electrons. The smallest absolute Gasteiger partial charge is 0.285 e. The molecule has 2 aromatic rings. The van der Waals surface area contributed by atoms with Crippen LogP contribution in [0.25, 0.3) is 5.69 Å².